The topological polar surface area (TPSA) is 64.7 Å². The Bertz CT molecular complexity index is 302. The largest absolute Gasteiger partial charge is 0.491 e. The Balaban J connectivity index is 2.41. The van der Waals surface area contributed by atoms with Crippen molar-refractivity contribution < 1.29 is 14.6 Å². The lowest BCUT2D eigenvalue weighted by Gasteiger charge is -2.13. The van der Waals surface area contributed by atoms with Gasteiger partial charge in [-0.1, -0.05) is 18.2 Å². The van der Waals surface area contributed by atoms with Crippen LogP contribution in [0.5, 0.6) is 5.75 Å². The summed E-state index contributed by atoms with van der Waals surface area (Å²) in [7, 11) is 0. The minimum Gasteiger partial charge on any atom is -0.491 e. The highest BCUT2D eigenvalue weighted by Gasteiger charge is 2.06. The van der Waals surface area contributed by atoms with Gasteiger partial charge >= 0.3 is 0 Å². The molecule has 1 rings (SSSR count). The molecular weight excluding hydrogens is 206 g/mol. The number of nitrogens with two attached hydrogens (primary N) is 1. The van der Waals surface area contributed by atoms with Gasteiger partial charge in [-0.25, -0.2) is 0 Å². The summed E-state index contributed by atoms with van der Waals surface area (Å²) in [5.41, 5.74) is 6.81. The molecule has 0 radical (unpaired) electrons. The first-order valence-corrected chi connectivity index (χ1v) is 5.41. The lowest BCUT2D eigenvalue weighted by molar-refractivity contribution is 0.0702. The Morgan fingerprint density at radius 3 is 2.69 bits per heavy atom. The Hall–Kier alpha value is -1.10. The SMILES string of the molecule is C[C@@H](N)c1ccccc1OCCOCCO. The summed E-state index contributed by atoms with van der Waals surface area (Å²) < 4.78 is 10.7. The van der Waals surface area contributed by atoms with Gasteiger partial charge in [0.25, 0.3) is 0 Å². The first-order chi connectivity index (χ1) is 7.75. The van der Waals surface area contributed by atoms with Gasteiger partial charge in [0, 0.05) is 11.6 Å². The minimum absolute atomic E-state index is 0.0381. The van der Waals surface area contributed by atoms with Gasteiger partial charge in [0.05, 0.1) is 19.8 Å². The van der Waals surface area contributed by atoms with Gasteiger partial charge in [0.15, 0.2) is 0 Å². The molecule has 3 N–H and O–H groups in total. The van der Waals surface area contributed by atoms with E-state index in [4.69, 9.17) is 20.3 Å². The highest BCUT2D eigenvalue weighted by Crippen LogP contribution is 2.22. The average Bonchev–Trinajstić information content (AvgIpc) is 2.29. The number of aliphatic hydroxyl groups is 1. The van der Waals surface area contributed by atoms with E-state index in [1.54, 1.807) is 0 Å². The van der Waals surface area contributed by atoms with Crippen molar-refractivity contribution in [2.75, 3.05) is 26.4 Å². The molecule has 0 aromatic heterocycles. The molecular formula is C12H19NO3. The van der Waals surface area contributed by atoms with Crippen molar-refractivity contribution in [3.8, 4) is 5.75 Å². The van der Waals surface area contributed by atoms with Crippen LogP contribution in [0.1, 0.15) is 18.5 Å². The van der Waals surface area contributed by atoms with E-state index in [2.05, 4.69) is 0 Å². The molecule has 1 aromatic carbocycles. The molecule has 0 spiro atoms. The molecule has 0 saturated heterocycles. The third-order valence-electron chi connectivity index (χ3n) is 2.13. The smallest absolute Gasteiger partial charge is 0.124 e. The highest BCUT2D eigenvalue weighted by atomic mass is 16.5. The standard InChI is InChI=1S/C12H19NO3/c1-10(13)11-4-2-3-5-12(11)16-9-8-15-7-6-14/h2-5,10,14H,6-9,13H2,1H3/t10-/m1/s1. The number of hydrogen-bond donors (Lipinski definition) is 2. The predicted octanol–water partition coefficient (Wildman–Crippen LogP) is 1.09. The molecule has 16 heavy (non-hydrogen) atoms. The zero-order valence-electron chi connectivity index (χ0n) is 9.56. The van der Waals surface area contributed by atoms with Crippen molar-refractivity contribution in [1.29, 1.82) is 0 Å². The molecule has 0 heterocycles. The Morgan fingerprint density at radius 2 is 2.00 bits per heavy atom. The predicted molar refractivity (Wildman–Crippen MR) is 62.4 cm³/mol. The average molecular weight is 225 g/mol. The van der Waals surface area contributed by atoms with Crippen LogP contribution in [0.4, 0.5) is 0 Å². The molecule has 0 bridgehead atoms. The van der Waals surface area contributed by atoms with E-state index in [9.17, 15) is 0 Å². The van der Waals surface area contributed by atoms with Gasteiger partial charge in [-0.15, -0.1) is 0 Å². The van der Waals surface area contributed by atoms with Gasteiger partial charge in [-0.3, -0.25) is 0 Å². The Labute approximate surface area is 96.0 Å². The molecule has 4 heteroatoms. The fraction of sp³-hybridized carbons (Fsp3) is 0.500. The van der Waals surface area contributed by atoms with E-state index in [0.717, 1.165) is 11.3 Å². The zero-order valence-corrected chi connectivity index (χ0v) is 9.56. The molecule has 0 aliphatic rings. The second kappa shape index (κ2) is 7.22. The maximum Gasteiger partial charge on any atom is 0.124 e. The summed E-state index contributed by atoms with van der Waals surface area (Å²) in [5, 5.41) is 8.52. The number of rotatable bonds is 7. The van der Waals surface area contributed by atoms with Crippen molar-refractivity contribution in [2.45, 2.75) is 13.0 Å². The maximum absolute atomic E-state index is 8.52. The van der Waals surface area contributed by atoms with Crippen molar-refractivity contribution in [1.82, 2.24) is 0 Å². The van der Waals surface area contributed by atoms with Crippen LogP contribution >= 0.6 is 0 Å². The summed E-state index contributed by atoms with van der Waals surface area (Å²) in [4.78, 5) is 0. The number of aliphatic hydroxyl groups excluding tert-OH is 1. The quantitative estimate of drug-likeness (QED) is 0.682. The van der Waals surface area contributed by atoms with Crippen LogP contribution in [0.2, 0.25) is 0 Å². The van der Waals surface area contributed by atoms with Crippen LogP contribution in [0.15, 0.2) is 24.3 Å². The maximum atomic E-state index is 8.52. The summed E-state index contributed by atoms with van der Waals surface area (Å²) in [6, 6.07) is 7.65. The van der Waals surface area contributed by atoms with Crippen LogP contribution < -0.4 is 10.5 Å². The second-order valence-corrected chi connectivity index (χ2v) is 3.51. The Kier molecular flexibility index (Phi) is 5.85. The summed E-state index contributed by atoms with van der Waals surface area (Å²) in [6.07, 6.45) is 0. The van der Waals surface area contributed by atoms with Gasteiger partial charge in [0.2, 0.25) is 0 Å². The van der Waals surface area contributed by atoms with E-state index >= 15 is 0 Å². The van der Waals surface area contributed by atoms with E-state index < -0.39 is 0 Å². The fourth-order valence-corrected chi connectivity index (χ4v) is 1.37. The van der Waals surface area contributed by atoms with Crippen LogP contribution in [0.25, 0.3) is 0 Å². The number of hydrogen-bond acceptors (Lipinski definition) is 4. The van der Waals surface area contributed by atoms with Gasteiger partial charge < -0.3 is 20.3 Å². The molecule has 1 atom stereocenters. The normalized spacial score (nSPS) is 12.4. The number of ether oxygens (including phenoxy) is 2. The summed E-state index contributed by atoms with van der Waals surface area (Å²) in [5.74, 6) is 0.796. The molecule has 0 saturated carbocycles. The van der Waals surface area contributed by atoms with Crippen molar-refractivity contribution >= 4 is 0 Å². The lowest BCUT2D eigenvalue weighted by atomic mass is 10.1. The van der Waals surface area contributed by atoms with Gasteiger partial charge in [-0.2, -0.15) is 0 Å². The molecule has 0 unspecified atom stereocenters. The van der Waals surface area contributed by atoms with Crippen molar-refractivity contribution in [3.63, 3.8) is 0 Å². The third kappa shape index (κ3) is 4.18. The monoisotopic (exact) mass is 225 g/mol. The minimum atomic E-state index is -0.0467. The van der Waals surface area contributed by atoms with Gasteiger partial charge in [0.1, 0.15) is 12.4 Å². The molecule has 1 aromatic rings. The molecule has 0 aliphatic carbocycles. The number of para-hydroxylation sites is 1. The first kappa shape index (κ1) is 13.0. The first-order valence-electron chi connectivity index (χ1n) is 5.41. The van der Waals surface area contributed by atoms with Crippen molar-refractivity contribution in [2.24, 2.45) is 5.73 Å². The molecule has 4 nitrogen and oxygen atoms in total. The zero-order chi connectivity index (χ0) is 11.8. The lowest BCUT2D eigenvalue weighted by Crippen LogP contribution is -2.12. The van der Waals surface area contributed by atoms with Crippen LogP contribution in [0.3, 0.4) is 0 Å². The van der Waals surface area contributed by atoms with E-state index in [-0.39, 0.29) is 12.6 Å². The Morgan fingerprint density at radius 1 is 1.25 bits per heavy atom. The molecule has 0 amide bonds. The van der Waals surface area contributed by atoms with Crippen LogP contribution in [0, 0.1) is 0 Å². The fourth-order valence-electron chi connectivity index (χ4n) is 1.37. The summed E-state index contributed by atoms with van der Waals surface area (Å²) >= 11 is 0. The number of benzene rings is 1. The van der Waals surface area contributed by atoms with Crippen LogP contribution in [-0.2, 0) is 4.74 Å². The highest BCUT2D eigenvalue weighted by molar-refractivity contribution is 5.35. The van der Waals surface area contributed by atoms with E-state index in [1.807, 2.05) is 31.2 Å². The van der Waals surface area contributed by atoms with Crippen LogP contribution in [-0.4, -0.2) is 31.5 Å². The summed E-state index contributed by atoms with van der Waals surface area (Å²) in [6.45, 7) is 3.23. The van der Waals surface area contributed by atoms with E-state index in [0.29, 0.717) is 19.8 Å². The molecule has 0 aliphatic heterocycles. The molecule has 0 fully saturated rings. The second-order valence-electron chi connectivity index (χ2n) is 3.51. The van der Waals surface area contributed by atoms with E-state index in [1.165, 1.54) is 0 Å². The van der Waals surface area contributed by atoms with Gasteiger partial charge in [-0.05, 0) is 13.0 Å². The van der Waals surface area contributed by atoms with Crippen molar-refractivity contribution in [3.05, 3.63) is 29.8 Å². The third-order valence-corrected chi connectivity index (χ3v) is 2.13. The molecule has 90 valence electrons.